The molecule has 1 N–H and O–H groups in total. The van der Waals surface area contributed by atoms with Gasteiger partial charge in [0.25, 0.3) is 0 Å². The number of fused-ring (bicyclic) bond motifs is 1. The molecule has 0 radical (unpaired) electrons. The quantitative estimate of drug-likeness (QED) is 0.555. The third-order valence-electron chi connectivity index (χ3n) is 6.75. The number of halogens is 2. The Labute approximate surface area is 192 Å². The number of aryl methyl sites for hydroxylation is 2. The number of hydrogen-bond acceptors (Lipinski definition) is 2. The van der Waals surface area contributed by atoms with E-state index in [0.717, 1.165) is 54.6 Å². The van der Waals surface area contributed by atoms with Gasteiger partial charge in [-0.1, -0.05) is 53.0 Å². The van der Waals surface area contributed by atoms with E-state index in [1.54, 1.807) is 0 Å². The lowest BCUT2D eigenvalue weighted by Crippen LogP contribution is -2.41. The van der Waals surface area contributed by atoms with Gasteiger partial charge in [-0.25, -0.2) is 0 Å². The average Bonchev–Trinajstić information content (AvgIpc) is 3.37. The molecule has 2 aliphatic rings. The van der Waals surface area contributed by atoms with Crippen molar-refractivity contribution >= 4 is 29.1 Å². The molecule has 4 nitrogen and oxygen atoms in total. The molecule has 3 aromatic rings. The number of aromatic nitrogens is 2. The molecule has 1 aliphatic carbocycles. The Morgan fingerprint density at radius 1 is 1.10 bits per heavy atom. The van der Waals surface area contributed by atoms with Crippen molar-refractivity contribution in [1.82, 2.24) is 15.1 Å². The van der Waals surface area contributed by atoms with Gasteiger partial charge in [-0.15, -0.1) is 0 Å². The Bertz CT molecular complexity index is 1100. The highest BCUT2D eigenvalue weighted by Crippen LogP contribution is 2.36. The van der Waals surface area contributed by atoms with Crippen LogP contribution in [0.1, 0.15) is 35.2 Å². The molecule has 2 heterocycles. The molecule has 6 heteroatoms. The Morgan fingerprint density at radius 2 is 1.84 bits per heavy atom. The van der Waals surface area contributed by atoms with Crippen LogP contribution >= 0.6 is 23.2 Å². The van der Waals surface area contributed by atoms with E-state index in [9.17, 15) is 4.79 Å². The average molecular weight is 454 g/mol. The molecule has 2 atom stereocenters. The largest absolute Gasteiger partial charge is 0.339 e. The van der Waals surface area contributed by atoms with Crippen molar-refractivity contribution in [2.45, 2.75) is 45.1 Å². The Balaban J connectivity index is 1.31. The van der Waals surface area contributed by atoms with Crippen molar-refractivity contribution in [3.05, 3.63) is 75.0 Å². The number of nitrogens with one attached hydrogen (secondary N) is 1. The van der Waals surface area contributed by atoms with E-state index >= 15 is 0 Å². The SMILES string of the molecule is Cc1ccc(-c2cc(Cl)c(C[C@@H]3CCN(C4CCc5n[nH]cc5C4)C3=O)c(Cl)c2)cc1. The number of carbonyl (C=O) groups is 1. The Kier molecular flexibility index (Phi) is 5.53. The highest BCUT2D eigenvalue weighted by molar-refractivity contribution is 6.36. The number of H-pyrrole nitrogens is 1. The number of carbonyl (C=O) groups excluding carboxylic acids is 1. The molecule has 0 spiro atoms. The molecule has 160 valence electrons. The van der Waals surface area contributed by atoms with Crippen LogP contribution in [-0.4, -0.2) is 33.6 Å². The fourth-order valence-electron chi connectivity index (χ4n) is 4.93. The van der Waals surface area contributed by atoms with Gasteiger partial charge in [0.2, 0.25) is 5.91 Å². The first-order valence-electron chi connectivity index (χ1n) is 10.9. The van der Waals surface area contributed by atoms with Gasteiger partial charge < -0.3 is 4.90 Å². The van der Waals surface area contributed by atoms with E-state index in [1.807, 2.05) is 18.3 Å². The van der Waals surface area contributed by atoms with Crippen LogP contribution in [0.25, 0.3) is 11.1 Å². The second kappa shape index (κ2) is 8.33. The van der Waals surface area contributed by atoms with E-state index in [2.05, 4.69) is 46.3 Å². The zero-order valence-electron chi connectivity index (χ0n) is 17.5. The minimum absolute atomic E-state index is 0.0639. The summed E-state index contributed by atoms with van der Waals surface area (Å²) in [6.07, 6.45) is 6.19. The van der Waals surface area contributed by atoms with Gasteiger partial charge >= 0.3 is 0 Å². The van der Waals surface area contributed by atoms with E-state index in [-0.39, 0.29) is 17.9 Å². The molecule has 1 unspecified atom stereocenters. The van der Waals surface area contributed by atoms with Crippen LogP contribution in [0, 0.1) is 12.8 Å². The first-order chi connectivity index (χ1) is 15.0. The van der Waals surface area contributed by atoms with E-state index in [4.69, 9.17) is 23.2 Å². The van der Waals surface area contributed by atoms with Gasteiger partial charge in [-0.05, 0) is 73.4 Å². The van der Waals surface area contributed by atoms with Crippen molar-refractivity contribution in [2.75, 3.05) is 6.54 Å². The zero-order valence-corrected chi connectivity index (χ0v) is 19.0. The zero-order chi connectivity index (χ0) is 21.5. The molecule has 0 saturated carbocycles. The second-order valence-electron chi connectivity index (χ2n) is 8.76. The minimum atomic E-state index is -0.0639. The molecule has 5 rings (SSSR count). The van der Waals surface area contributed by atoms with Crippen LogP contribution < -0.4 is 0 Å². The van der Waals surface area contributed by atoms with Crippen LogP contribution in [0.15, 0.2) is 42.6 Å². The molecular weight excluding hydrogens is 429 g/mol. The summed E-state index contributed by atoms with van der Waals surface area (Å²) in [5, 5.41) is 8.52. The number of benzene rings is 2. The summed E-state index contributed by atoms with van der Waals surface area (Å²) in [5.41, 5.74) is 6.55. The molecule has 1 saturated heterocycles. The predicted octanol–water partition coefficient (Wildman–Crippen LogP) is 5.64. The summed E-state index contributed by atoms with van der Waals surface area (Å²) < 4.78 is 0. The van der Waals surface area contributed by atoms with E-state index < -0.39 is 0 Å². The summed E-state index contributed by atoms with van der Waals surface area (Å²) in [4.78, 5) is 15.3. The molecule has 0 bridgehead atoms. The maximum atomic E-state index is 13.2. The number of rotatable bonds is 4. The van der Waals surface area contributed by atoms with E-state index in [0.29, 0.717) is 16.5 Å². The highest BCUT2D eigenvalue weighted by Gasteiger charge is 2.38. The molecule has 1 aromatic heterocycles. The fraction of sp³-hybridized carbons (Fsp3) is 0.360. The van der Waals surface area contributed by atoms with Crippen molar-refractivity contribution < 1.29 is 4.79 Å². The lowest BCUT2D eigenvalue weighted by molar-refractivity contribution is -0.133. The van der Waals surface area contributed by atoms with Crippen molar-refractivity contribution in [2.24, 2.45) is 5.92 Å². The summed E-state index contributed by atoms with van der Waals surface area (Å²) in [6, 6.07) is 12.5. The number of aromatic amines is 1. The summed E-state index contributed by atoms with van der Waals surface area (Å²) in [7, 11) is 0. The van der Waals surface area contributed by atoms with Crippen LogP contribution in [0.3, 0.4) is 0 Å². The van der Waals surface area contributed by atoms with Crippen LogP contribution in [0.2, 0.25) is 10.0 Å². The Morgan fingerprint density at radius 3 is 2.58 bits per heavy atom. The molecule has 1 fully saturated rings. The van der Waals surface area contributed by atoms with Crippen molar-refractivity contribution in [1.29, 1.82) is 0 Å². The molecule has 1 aliphatic heterocycles. The van der Waals surface area contributed by atoms with Crippen LogP contribution in [0.5, 0.6) is 0 Å². The molecule has 31 heavy (non-hydrogen) atoms. The topological polar surface area (TPSA) is 49.0 Å². The highest BCUT2D eigenvalue weighted by atomic mass is 35.5. The maximum absolute atomic E-state index is 13.2. The van der Waals surface area contributed by atoms with Crippen molar-refractivity contribution in [3.63, 3.8) is 0 Å². The van der Waals surface area contributed by atoms with Gasteiger partial charge in [0, 0.05) is 34.7 Å². The van der Waals surface area contributed by atoms with E-state index in [1.165, 1.54) is 11.1 Å². The third-order valence-corrected chi connectivity index (χ3v) is 7.42. The number of likely N-dealkylation sites (tertiary alicyclic amines) is 1. The third kappa shape index (κ3) is 3.99. The van der Waals surface area contributed by atoms with Crippen LogP contribution in [0.4, 0.5) is 0 Å². The van der Waals surface area contributed by atoms with Gasteiger partial charge in [-0.2, -0.15) is 5.10 Å². The lowest BCUT2D eigenvalue weighted by Gasteiger charge is -2.31. The molecular formula is C25H25Cl2N3O. The van der Waals surface area contributed by atoms with Gasteiger partial charge in [0.05, 0.1) is 5.69 Å². The van der Waals surface area contributed by atoms with Gasteiger partial charge in [-0.3, -0.25) is 9.89 Å². The minimum Gasteiger partial charge on any atom is -0.339 e. The van der Waals surface area contributed by atoms with Crippen LogP contribution in [-0.2, 0) is 24.1 Å². The first-order valence-corrected chi connectivity index (χ1v) is 11.6. The normalized spacial score (nSPS) is 20.9. The molecule has 1 amide bonds. The van der Waals surface area contributed by atoms with Gasteiger partial charge in [0.1, 0.15) is 0 Å². The summed E-state index contributed by atoms with van der Waals surface area (Å²) >= 11 is 13.3. The molecule has 2 aromatic carbocycles. The maximum Gasteiger partial charge on any atom is 0.226 e. The summed E-state index contributed by atoms with van der Waals surface area (Å²) in [6.45, 7) is 2.87. The predicted molar refractivity (Wildman–Crippen MR) is 125 cm³/mol. The summed E-state index contributed by atoms with van der Waals surface area (Å²) in [5.74, 6) is 0.165. The smallest absolute Gasteiger partial charge is 0.226 e. The first kappa shape index (κ1) is 20.6. The standard InChI is InChI=1S/C25H25Cl2N3O/c1-15-2-4-16(5-3-15)18-12-22(26)21(23(27)13-18)11-17-8-9-30(25(17)31)20-6-7-24-19(10-20)14-28-29-24/h2-5,12-14,17,20H,6-11H2,1H3,(H,28,29)/t17-,20?/m0/s1. The number of amides is 1. The van der Waals surface area contributed by atoms with Crippen molar-refractivity contribution in [3.8, 4) is 11.1 Å². The number of nitrogens with zero attached hydrogens (tertiary/aromatic N) is 2. The van der Waals surface area contributed by atoms with Gasteiger partial charge in [0.15, 0.2) is 0 Å². The number of hydrogen-bond donors (Lipinski definition) is 1. The fourth-order valence-corrected chi connectivity index (χ4v) is 5.58. The Hall–Kier alpha value is -2.30. The monoisotopic (exact) mass is 453 g/mol. The lowest BCUT2D eigenvalue weighted by atomic mass is 9.92. The second-order valence-corrected chi connectivity index (χ2v) is 9.57.